The van der Waals surface area contributed by atoms with Gasteiger partial charge in [0.05, 0.1) is 23.7 Å². The summed E-state index contributed by atoms with van der Waals surface area (Å²) >= 11 is 6.91. The second-order valence-electron chi connectivity index (χ2n) is 3.65. The lowest BCUT2D eigenvalue weighted by Gasteiger charge is -2.18. The van der Waals surface area contributed by atoms with E-state index in [0.717, 1.165) is 22.2 Å². The minimum atomic E-state index is -4.61. The summed E-state index contributed by atoms with van der Waals surface area (Å²) in [6.45, 7) is 0. The van der Waals surface area contributed by atoms with E-state index in [4.69, 9.17) is 22.3 Å². The zero-order valence-corrected chi connectivity index (χ0v) is 12.2. The molecule has 0 bridgehead atoms. The summed E-state index contributed by atoms with van der Waals surface area (Å²) in [6, 6.07) is 5.02. The van der Waals surface area contributed by atoms with Crippen LogP contribution in [-0.2, 0) is 12.6 Å². The SMILES string of the molecule is CSC(=NC#N)N(Cl)c1ccc(CC#N)c(C(F)(F)F)c1. The molecule has 0 heterocycles. The van der Waals surface area contributed by atoms with Crippen molar-refractivity contribution in [1.82, 2.24) is 0 Å². The van der Waals surface area contributed by atoms with E-state index in [0.29, 0.717) is 0 Å². The van der Waals surface area contributed by atoms with Gasteiger partial charge in [0.2, 0.25) is 6.19 Å². The third kappa shape index (κ3) is 4.28. The fourth-order valence-corrected chi connectivity index (χ4v) is 2.26. The molecule has 0 atom stereocenters. The second kappa shape index (κ2) is 7.21. The lowest BCUT2D eigenvalue weighted by atomic mass is 10.0. The Morgan fingerprint density at radius 3 is 2.57 bits per heavy atom. The van der Waals surface area contributed by atoms with Gasteiger partial charge in [0.25, 0.3) is 0 Å². The molecule has 1 rings (SSSR count). The average molecular weight is 333 g/mol. The number of amidine groups is 1. The molecule has 110 valence electrons. The lowest BCUT2D eigenvalue weighted by molar-refractivity contribution is -0.138. The summed E-state index contributed by atoms with van der Waals surface area (Å²) in [4.78, 5) is 3.42. The number of thioether (sulfide) groups is 1. The molecule has 0 unspecified atom stereocenters. The van der Waals surface area contributed by atoms with Crippen LogP contribution in [0.15, 0.2) is 23.2 Å². The topological polar surface area (TPSA) is 63.2 Å². The van der Waals surface area contributed by atoms with Crippen LogP contribution >= 0.6 is 23.5 Å². The van der Waals surface area contributed by atoms with Gasteiger partial charge >= 0.3 is 6.18 Å². The standard InChI is InChI=1S/C12H8ClF3N4S/c1-21-11(19-7-18)20(13)9-3-2-8(4-5-17)10(6-9)12(14,15)16/h2-3,6H,4H2,1H3. The van der Waals surface area contributed by atoms with Crippen LogP contribution in [0.2, 0.25) is 0 Å². The van der Waals surface area contributed by atoms with E-state index >= 15 is 0 Å². The summed E-state index contributed by atoms with van der Waals surface area (Å²) in [6.07, 6.45) is -1.86. The predicted octanol–water partition coefficient (Wildman–Crippen LogP) is 3.93. The molecule has 0 fully saturated rings. The molecule has 9 heteroatoms. The highest BCUT2D eigenvalue weighted by molar-refractivity contribution is 8.13. The number of nitrogens with zero attached hydrogens (tertiary/aromatic N) is 4. The highest BCUT2D eigenvalue weighted by Gasteiger charge is 2.34. The number of aliphatic imine (C=N–C) groups is 1. The van der Waals surface area contributed by atoms with Crippen LogP contribution in [0.3, 0.4) is 0 Å². The highest BCUT2D eigenvalue weighted by atomic mass is 35.5. The fraction of sp³-hybridized carbons (Fsp3) is 0.250. The number of halogens is 4. The summed E-state index contributed by atoms with van der Waals surface area (Å²) in [7, 11) is 0. The van der Waals surface area contributed by atoms with Crippen LogP contribution < -0.4 is 4.42 Å². The Hall–Kier alpha value is -1.90. The van der Waals surface area contributed by atoms with Crippen molar-refractivity contribution in [2.75, 3.05) is 10.7 Å². The van der Waals surface area contributed by atoms with Gasteiger partial charge < -0.3 is 0 Å². The van der Waals surface area contributed by atoms with Crippen LogP contribution in [0, 0.1) is 22.8 Å². The van der Waals surface area contributed by atoms with Crippen molar-refractivity contribution in [2.45, 2.75) is 12.6 Å². The number of hydrogen-bond donors (Lipinski definition) is 0. The Balaban J connectivity index is 3.32. The molecule has 1 aromatic rings. The molecule has 0 aliphatic heterocycles. The van der Waals surface area contributed by atoms with Crippen LogP contribution in [0.25, 0.3) is 0 Å². The average Bonchev–Trinajstić information content (AvgIpc) is 2.43. The van der Waals surface area contributed by atoms with Crippen LogP contribution in [0.4, 0.5) is 18.9 Å². The maximum Gasteiger partial charge on any atom is 0.416 e. The van der Waals surface area contributed by atoms with E-state index in [9.17, 15) is 13.2 Å². The van der Waals surface area contributed by atoms with Gasteiger partial charge in [-0.1, -0.05) is 17.8 Å². The van der Waals surface area contributed by atoms with Gasteiger partial charge in [-0.15, -0.1) is 4.99 Å². The molecule has 0 N–H and O–H groups in total. The number of alkyl halides is 3. The first-order valence-electron chi connectivity index (χ1n) is 5.39. The molecule has 0 amide bonds. The van der Waals surface area contributed by atoms with Crippen molar-refractivity contribution >= 4 is 34.4 Å². The quantitative estimate of drug-likeness (QED) is 0.356. The molecule has 0 radical (unpaired) electrons. The van der Waals surface area contributed by atoms with E-state index in [1.54, 1.807) is 12.3 Å². The number of nitriles is 2. The fourth-order valence-electron chi connectivity index (χ4n) is 1.51. The minimum Gasteiger partial charge on any atom is -0.230 e. The van der Waals surface area contributed by atoms with Gasteiger partial charge in [-0.2, -0.15) is 23.7 Å². The van der Waals surface area contributed by atoms with E-state index in [-0.39, 0.29) is 22.8 Å². The molecule has 0 aliphatic carbocycles. The molecule has 0 spiro atoms. The largest absolute Gasteiger partial charge is 0.416 e. The molecule has 1 aromatic carbocycles. The maximum atomic E-state index is 13.0. The summed E-state index contributed by atoms with van der Waals surface area (Å²) < 4.78 is 39.8. The first kappa shape index (κ1) is 17.2. The Morgan fingerprint density at radius 2 is 2.10 bits per heavy atom. The second-order valence-corrected chi connectivity index (χ2v) is 4.76. The Morgan fingerprint density at radius 1 is 1.43 bits per heavy atom. The van der Waals surface area contributed by atoms with Crippen molar-refractivity contribution in [1.29, 1.82) is 10.5 Å². The molecular weight excluding hydrogens is 325 g/mol. The number of rotatable bonds is 2. The molecule has 0 aromatic heterocycles. The highest BCUT2D eigenvalue weighted by Crippen LogP contribution is 2.35. The number of anilines is 1. The van der Waals surface area contributed by atoms with Gasteiger partial charge in [-0.3, -0.25) is 0 Å². The molecule has 0 aliphatic rings. The normalized spacial score (nSPS) is 11.7. The zero-order chi connectivity index (χ0) is 16.0. The van der Waals surface area contributed by atoms with Crippen LogP contribution in [0.5, 0.6) is 0 Å². The summed E-state index contributed by atoms with van der Waals surface area (Å²) in [5, 5.41) is 17.1. The third-order valence-electron chi connectivity index (χ3n) is 2.39. The third-order valence-corrected chi connectivity index (χ3v) is 3.49. The zero-order valence-electron chi connectivity index (χ0n) is 10.6. The van der Waals surface area contributed by atoms with Gasteiger partial charge in [0, 0.05) is 11.8 Å². The summed E-state index contributed by atoms with van der Waals surface area (Å²) in [5.41, 5.74) is -1.07. The van der Waals surface area contributed by atoms with E-state index in [2.05, 4.69) is 4.99 Å². The minimum absolute atomic E-state index is 0.00836. The summed E-state index contributed by atoms with van der Waals surface area (Å²) in [5.74, 6) is 0. The smallest absolute Gasteiger partial charge is 0.230 e. The van der Waals surface area contributed by atoms with Gasteiger partial charge in [0.15, 0.2) is 5.17 Å². The van der Waals surface area contributed by atoms with Crippen LogP contribution in [-0.4, -0.2) is 11.4 Å². The number of hydrogen-bond acceptors (Lipinski definition) is 4. The lowest BCUT2D eigenvalue weighted by Crippen LogP contribution is -2.18. The first-order valence-corrected chi connectivity index (χ1v) is 6.95. The predicted molar refractivity (Wildman–Crippen MR) is 75.7 cm³/mol. The van der Waals surface area contributed by atoms with E-state index in [1.807, 2.05) is 0 Å². The Labute approximate surface area is 128 Å². The maximum absolute atomic E-state index is 13.0. The number of benzene rings is 1. The first-order chi connectivity index (χ1) is 9.85. The molecule has 4 nitrogen and oxygen atoms in total. The molecule has 21 heavy (non-hydrogen) atoms. The van der Waals surface area contributed by atoms with Crippen LogP contribution in [0.1, 0.15) is 11.1 Å². The van der Waals surface area contributed by atoms with Crippen molar-refractivity contribution in [2.24, 2.45) is 4.99 Å². The molecule has 0 saturated heterocycles. The van der Waals surface area contributed by atoms with Crippen molar-refractivity contribution < 1.29 is 13.2 Å². The molecule has 0 saturated carbocycles. The van der Waals surface area contributed by atoms with Gasteiger partial charge in [0.1, 0.15) is 0 Å². The molecular formula is C12H8ClF3N4S. The van der Waals surface area contributed by atoms with Crippen molar-refractivity contribution in [3.63, 3.8) is 0 Å². The van der Waals surface area contributed by atoms with Gasteiger partial charge in [-0.05, 0) is 24.0 Å². The van der Waals surface area contributed by atoms with E-state index < -0.39 is 11.7 Å². The van der Waals surface area contributed by atoms with Crippen molar-refractivity contribution in [3.05, 3.63) is 29.3 Å². The van der Waals surface area contributed by atoms with Crippen molar-refractivity contribution in [3.8, 4) is 12.3 Å². The Bertz CT molecular complexity index is 631. The van der Waals surface area contributed by atoms with Gasteiger partial charge in [-0.25, -0.2) is 4.42 Å². The Kier molecular flexibility index (Phi) is 5.89. The monoisotopic (exact) mass is 332 g/mol. The van der Waals surface area contributed by atoms with E-state index in [1.165, 1.54) is 18.3 Å².